The lowest BCUT2D eigenvalue weighted by Gasteiger charge is -2.24. The molecule has 0 radical (unpaired) electrons. The summed E-state index contributed by atoms with van der Waals surface area (Å²) in [5, 5.41) is 0. The SMILES string of the molecule is O=S1Cc2cc3c(cc2CO1)CC3. The van der Waals surface area contributed by atoms with Crippen LogP contribution >= 0.6 is 0 Å². The van der Waals surface area contributed by atoms with E-state index in [2.05, 4.69) is 12.1 Å². The number of fused-ring (bicyclic) bond motifs is 2. The van der Waals surface area contributed by atoms with Gasteiger partial charge in [-0.3, -0.25) is 4.18 Å². The van der Waals surface area contributed by atoms with E-state index < -0.39 is 11.1 Å². The van der Waals surface area contributed by atoms with Crippen molar-refractivity contribution in [3.8, 4) is 0 Å². The van der Waals surface area contributed by atoms with Crippen molar-refractivity contribution in [1.29, 1.82) is 0 Å². The molecule has 0 spiro atoms. The molecule has 2 nitrogen and oxygen atoms in total. The number of aryl methyl sites for hydroxylation is 2. The summed E-state index contributed by atoms with van der Waals surface area (Å²) in [6.07, 6.45) is 2.39. The van der Waals surface area contributed by atoms with Crippen molar-refractivity contribution in [3.05, 3.63) is 34.4 Å². The Labute approximate surface area is 79.6 Å². The zero-order valence-corrected chi connectivity index (χ0v) is 8.02. The standard InChI is InChI=1S/C10H10O2S/c11-13-6-10-4-8-2-1-7(8)3-9(10)5-12-13/h3-4H,1-2,5-6H2. The topological polar surface area (TPSA) is 26.3 Å². The van der Waals surface area contributed by atoms with Gasteiger partial charge in [0, 0.05) is 0 Å². The molecule has 0 saturated heterocycles. The predicted molar refractivity (Wildman–Crippen MR) is 50.5 cm³/mol. The van der Waals surface area contributed by atoms with Crippen LogP contribution in [0, 0.1) is 0 Å². The molecule has 0 amide bonds. The van der Waals surface area contributed by atoms with Gasteiger partial charge in [0.15, 0.2) is 11.1 Å². The highest BCUT2D eigenvalue weighted by atomic mass is 32.2. The lowest BCUT2D eigenvalue weighted by atomic mass is 9.85. The number of benzene rings is 1. The van der Waals surface area contributed by atoms with Gasteiger partial charge in [0.2, 0.25) is 0 Å². The Kier molecular flexibility index (Phi) is 1.58. The van der Waals surface area contributed by atoms with Gasteiger partial charge in [-0.2, -0.15) is 0 Å². The molecule has 2 aliphatic rings. The Hall–Kier alpha value is -0.670. The molecule has 0 N–H and O–H groups in total. The highest BCUT2D eigenvalue weighted by Crippen LogP contribution is 2.29. The summed E-state index contributed by atoms with van der Waals surface area (Å²) in [6.45, 7) is 0.523. The van der Waals surface area contributed by atoms with E-state index >= 15 is 0 Å². The molecular formula is C10H10O2S. The van der Waals surface area contributed by atoms with Crippen LogP contribution in [0.15, 0.2) is 12.1 Å². The lowest BCUT2D eigenvalue weighted by molar-refractivity contribution is 0.327. The fourth-order valence-corrected chi connectivity index (χ4v) is 2.78. The third-order valence-corrected chi connectivity index (χ3v) is 3.73. The second-order valence-electron chi connectivity index (χ2n) is 3.60. The molecule has 3 heteroatoms. The van der Waals surface area contributed by atoms with Crippen LogP contribution in [0.4, 0.5) is 0 Å². The third-order valence-electron chi connectivity index (χ3n) is 2.80. The Morgan fingerprint density at radius 1 is 1.08 bits per heavy atom. The number of hydrogen-bond acceptors (Lipinski definition) is 2. The number of rotatable bonds is 0. The molecule has 0 fully saturated rings. The van der Waals surface area contributed by atoms with Gasteiger partial charge in [-0.1, -0.05) is 12.1 Å². The molecule has 1 aromatic carbocycles. The lowest BCUT2D eigenvalue weighted by Crippen LogP contribution is -2.16. The second kappa shape index (κ2) is 2.66. The maximum atomic E-state index is 11.1. The summed E-state index contributed by atoms with van der Waals surface area (Å²) in [4.78, 5) is 0. The van der Waals surface area contributed by atoms with Crippen molar-refractivity contribution in [2.75, 3.05) is 0 Å². The van der Waals surface area contributed by atoms with Crippen LogP contribution in [0.3, 0.4) is 0 Å². The predicted octanol–water partition coefficient (Wildman–Crippen LogP) is 1.48. The molecule has 0 saturated carbocycles. The van der Waals surface area contributed by atoms with Gasteiger partial charge in [0.05, 0.1) is 12.4 Å². The first kappa shape index (κ1) is 7.71. The Morgan fingerprint density at radius 2 is 1.77 bits per heavy atom. The van der Waals surface area contributed by atoms with E-state index in [1.54, 1.807) is 0 Å². The average molecular weight is 194 g/mol. The highest BCUT2D eigenvalue weighted by molar-refractivity contribution is 7.79. The molecule has 0 bridgehead atoms. The molecule has 68 valence electrons. The molecule has 1 heterocycles. The van der Waals surface area contributed by atoms with Gasteiger partial charge in [-0.05, 0) is 35.1 Å². The van der Waals surface area contributed by atoms with Crippen LogP contribution < -0.4 is 0 Å². The molecule has 13 heavy (non-hydrogen) atoms. The molecule has 3 rings (SSSR count). The maximum Gasteiger partial charge on any atom is 0.160 e. The van der Waals surface area contributed by atoms with Gasteiger partial charge in [0.1, 0.15) is 0 Å². The minimum Gasteiger partial charge on any atom is -0.285 e. The summed E-state index contributed by atoms with van der Waals surface area (Å²) in [5.74, 6) is 0.572. The number of hydrogen-bond donors (Lipinski definition) is 0. The van der Waals surface area contributed by atoms with Crippen molar-refractivity contribution in [3.63, 3.8) is 0 Å². The van der Waals surface area contributed by atoms with Crippen LogP contribution in [0.2, 0.25) is 0 Å². The second-order valence-corrected chi connectivity index (χ2v) is 4.73. The fraction of sp³-hybridized carbons (Fsp3) is 0.400. The van der Waals surface area contributed by atoms with Crippen molar-refractivity contribution >= 4 is 11.1 Å². The van der Waals surface area contributed by atoms with Crippen LogP contribution in [-0.2, 0) is 40.5 Å². The van der Waals surface area contributed by atoms with Gasteiger partial charge in [0.25, 0.3) is 0 Å². The van der Waals surface area contributed by atoms with Crippen molar-refractivity contribution in [2.45, 2.75) is 25.2 Å². The van der Waals surface area contributed by atoms with E-state index in [4.69, 9.17) is 4.18 Å². The first-order valence-corrected chi connectivity index (χ1v) is 5.72. The minimum atomic E-state index is -1.09. The molecule has 1 aliphatic carbocycles. The monoisotopic (exact) mass is 194 g/mol. The van der Waals surface area contributed by atoms with Gasteiger partial charge in [-0.25, -0.2) is 4.21 Å². The van der Waals surface area contributed by atoms with Crippen molar-refractivity contribution in [1.82, 2.24) is 0 Å². The van der Waals surface area contributed by atoms with Crippen LogP contribution in [0.1, 0.15) is 22.3 Å². The van der Waals surface area contributed by atoms with E-state index in [0.717, 1.165) is 0 Å². The van der Waals surface area contributed by atoms with Gasteiger partial charge in [-0.15, -0.1) is 0 Å². The molecule has 1 atom stereocenters. The summed E-state index contributed by atoms with van der Waals surface area (Å²) < 4.78 is 16.2. The van der Waals surface area contributed by atoms with Crippen LogP contribution in [0.25, 0.3) is 0 Å². The molecular weight excluding hydrogens is 184 g/mol. The summed E-state index contributed by atoms with van der Waals surface area (Å²) in [5.41, 5.74) is 5.36. The third kappa shape index (κ3) is 1.15. The van der Waals surface area contributed by atoms with Gasteiger partial charge >= 0.3 is 0 Å². The maximum absolute atomic E-state index is 11.1. The summed E-state index contributed by atoms with van der Waals surface area (Å²) in [6, 6.07) is 4.42. The van der Waals surface area contributed by atoms with E-state index in [9.17, 15) is 4.21 Å². The normalized spacial score (nSPS) is 24.5. The highest BCUT2D eigenvalue weighted by Gasteiger charge is 2.21. The fourth-order valence-electron chi connectivity index (χ4n) is 1.92. The zero-order valence-electron chi connectivity index (χ0n) is 7.21. The summed E-state index contributed by atoms with van der Waals surface area (Å²) >= 11 is -1.09. The minimum absolute atomic E-state index is 0.523. The van der Waals surface area contributed by atoms with Crippen molar-refractivity contribution < 1.29 is 8.39 Å². The van der Waals surface area contributed by atoms with Gasteiger partial charge < -0.3 is 0 Å². The Bertz CT molecular complexity index is 398. The quantitative estimate of drug-likeness (QED) is 0.625. The van der Waals surface area contributed by atoms with E-state index in [1.165, 1.54) is 35.1 Å². The smallest absolute Gasteiger partial charge is 0.160 e. The van der Waals surface area contributed by atoms with Crippen LogP contribution in [-0.4, -0.2) is 4.21 Å². The Balaban J connectivity index is 2.11. The van der Waals surface area contributed by atoms with Crippen LogP contribution in [0.5, 0.6) is 0 Å². The first-order valence-electron chi connectivity index (χ1n) is 4.48. The molecule has 0 aromatic heterocycles. The average Bonchev–Trinajstić information content (AvgIpc) is 2.09. The van der Waals surface area contributed by atoms with E-state index in [1.807, 2.05) is 0 Å². The molecule has 1 aliphatic heterocycles. The van der Waals surface area contributed by atoms with E-state index in [-0.39, 0.29) is 0 Å². The molecule has 1 aromatic rings. The van der Waals surface area contributed by atoms with Crippen molar-refractivity contribution in [2.24, 2.45) is 0 Å². The first-order chi connectivity index (χ1) is 6.33. The largest absolute Gasteiger partial charge is 0.285 e. The Morgan fingerprint density at radius 3 is 2.46 bits per heavy atom. The van der Waals surface area contributed by atoms with E-state index in [0.29, 0.717) is 12.4 Å². The molecule has 1 unspecified atom stereocenters. The summed E-state index contributed by atoms with van der Waals surface area (Å²) in [7, 11) is 0. The zero-order chi connectivity index (χ0) is 8.84.